The van der Waals surface area contributed by atoms with Crippen LogP contribution in [0.15, 0.2) is 10.4 Å². The van der Waals surface area contributed by atoms with Crippen LogP contribution in [0.3, 0.4) is 0 Å². The Morgan fingerprint density at radius 3 is 2.71 bits per heavy atom. The summed E-state index contributed by atoms with van der Waals surface area (Å²) in [5.74, 6) is 1.57. The molecule has 1 unspecified atom stereocenters. The van der Waals surface area contributed by atoms with E-state index in [0.717, 1.165) is 38.6 Å². The third-order valence-electron chi connectivity index (χ3n) is 5.08. The van der Waals surface area contributed by atoms with E-state index in [1.165, 1.54) is 29.8 Å². The van der Waals surface area contributed by atoms with Gasteiger partial charge in [0, 0.05) is 37.8 Å². The zero-order valence-corrected chi connectivity index (χ0v) is 19.2. The average Bonchev–Trinajstić information content (AvgIpc) is 3.11. The molecular weight excluding hydrogens is 394 g/mol. The summed E-state index contributed by atoms with van der Waals surface area (Å²) in [6, 6.07) is 0.0638. The molecule has 0 aromatic carbocycles. The summed E-state index contributed by atoms with van der Waals surface area (Å²) in [7, 11) is -1.18. The molecule has 1 aromatic heterocycles. The van der Waals surface area contributed by atoms with E-state index in [1.54, 1.807) is 18.4 Å². The van der Waals surface area contributed by atoms with Crippen molar-refractivity contribution in [3.63, 3.8) is 0 Å². The van der Waals surface area contributed by atoms with Gasteiger partial charge >= 0.3 is 0 Å². The molecule has 1 atom stereocenters. The Labute approximate surface area is 174 Å². The normalized spacial score (nSPS) is 18.2. The number of likely N-dealkylation sites (tertiary alicyclic amines) is 1. The third kappa shape index (κ3) is 8.45. The number of guanidine groups is 1. The molecule has 2 rings (SSSR count). The quantitative estimate of drug-likeness (QED) is 0.461. The Hall–Kier alpha value is -1.19. The van der Waals surface area contributed by atoms with Crippen LogP contribution in [-0.4, -0.2) is 69.0 Å². The number of aromatic nitrogens is 1. The maximum absolute atomic E-state index is 11.3. The summed E-state index contributed by atoms with van der Waals surface area (Å²) in [4.78, 5) is 11.4. The Bertz CT molecular complexity index is 724. The molecule has 0 saturated carbocycles. The van der Waals surface area contributed by atoms with E-state index in [4.69, 9.17) is 0 Å². The van der Waals surface area contributed by atoms with Gasteiger partial charge in [0.15, 0.2) is 5.96 Å². The van der Waals surface area contributed by atoms with Gasteiger partial charge in [0.05, 0.1) is 16.5 Å². The minimum Gasteiger partial charge on any atom is -0.356 e. The number of thiazole rings is 1. The van der Waals surface area contributed by atoms with Crippen LogP contribution >= 0.6 is 11.3 Å². The van der Waals surface area contributed by atoms with Gasteiger partial charge in [-0.3, -0.25) is 9.89 Å². The van der Waals surface area contributed by atoms with Crippen LogP contribution in [0.4, 0.5) is 0 Å². The predicted molar refractivity (Wildman–Crippen MR) is 118 cm³/mol. The molecule has 2 N–H and O–H groups in total. The number of piperidine rings is 1. The first kappa shape index (κ1) is 23.1. The van der Waals surface area contributed by atoms with E-state index in [9.17, 15) is 8.42 Å². The molecule has 2 heterocycles. The summed E-state index contributed by atoms with van der Waals surface area (Å²) >= 11 is 1.76. The van der Waals surface area contributed by atoms with E-state index >= 15 is 0 Å². The highest BCUT2D eigenvalue weighted by Gasteiger charge is 2.20. The van der Waals surface area contributed by atoms with Crippen molar-refractivity contribution in [1.29, 1.82) is 0 Å². The molecule has 0 amide bonds. The highest BCUT2D eigenvalue weighted by atomic mass is 32.2. The molecule has 9 heteroatoms. The smallest absolute Gasteiger partial charge is 0.191 e. The van der Waals surface area contributed by atoms with Crippen LogP contribution in [0.25, 0.3) is 0 Å². The standard InChI is InChI=1S/C19H35N5O2S2/c1-5-18-23-17(14-27-18)13-24-9-6-16(7-10-24)12-21-19(20-3)22-15(2)8-11-28(4,25)26/h14-16H,5-13H2,1-4H3,(H2,20,21,22). The van der Waals surface area contributed by atoms with E-state index in [0.29, 0.717) is 12.3 Å². The molecule has 28 heavy (non-hydrogen) atoms. The fourth-order valence-electron chi connectivity index (χ4n) is 3.29. The van der Waals surface area contributed by atoms with Crippen LogP contribution in [0.5, 0.6) is 0 Å². The Kier molecular flexibility index (Phi) is 9.17. The number of aryl methyl sites for hydroxylation is 1. The molecule has 1 aromatic rings. The molecule has 7 nitrogen and oxygen atoms in total. The van der Waals surface area contributed by atoms with Gasteiger partial charge in [0.25, 0.3) is 0 Å². The molecule has 1 aliphatic heterocycles. The minimum absolute atomic E-state index is 0.0638. The number of rotatable bonds is 9. The van der Waals surface area contributed by atoms with Crippen molar-refractivity contribution < 1.29 is 8.42 Å². The Balaban J connectivity index is 1.67. The van der Waals surface area contributed by atoms with Gasteiger partial charge in [0.1, 0.15) is 9.84 Å². The first-order chi connectivity index (χ1) is 13.3. The van der Waals surface area contributed by atoms with Gasteiger partial charge in [-0.05, 0) is 51.6 Å². The monoisotopic (exact) mass is 429 g/mol. The number of aliphatic imine (C=N–C) groups is 1. The van der Waals surface area contributed by atoms with Crippen molar-refractivity contribution >= 4 is 27.1 Å². The van der Waals surface area contributed by atoms with Crippen LogP contribution in [0.2, 0.25) is 0 Å². The lowest BCUT2D eigenvalue weighted by molar-refractivity contribution is 0.176. The van der Waals surface area contributed by atoms with Crippen molar-refractivity contribution in [1.82, 2.24) is 20.5 Å². The predicted octanol–water partition coefficient (Wildman–Crippen LogP) is 1.91. The second kappa shape index (κ2) is 11.1. The highest BCUT2D eigenvalue weighted by molar-refractivity contribution is 7.90. The maximum atomic E-state index is 11.3. The molecule has 1 aliphatic rings. The first-order valence-electron chi connectivity index (χ1n) is 10.1. The number of hydrogen-bond acceptors (Lipinski definition) is 6. The van der Waals surface area contributed by atoms with Crippen LogP contribution < -0.4 is 10.6 Å². The van der Waals surface area contributed by atoms with Gasteiger partial charge in [0.2, 0.25) is 0 Å². The molecule has 0 radical (unpaired) electrons. The van der Waals surface area contributed by atoms with E-state index in [1.807, 2.05) is 6.92 Å². The van der Waals surface area contributed by atoms with Crippen LogP contribution in [0, 0.1) is 5.92 Å². The number of nitrogens with one attached hydrogen (secondary N) is 2. The summed E-state index contributed by atoms with van der Waals surface area (Å²) < 4.78 is 22.6. The lowest BCUT2D eigenvalue weighted by Crippen LogP contribution is -2.45. The summed E-state index contributed by atoms with van der Waals surface area (Å²) in [6.07, 6.45) is 5.20. The minimum atomic E-state index is -2.93. The topological polar surface area (TPSA) is 86.7 Å². The van der Waals surface area contributed by atoms with Crippen molar-refractivity contribution in [2.24, 2.45) is 10.9 Å². The second-order valence-electron chi connectivity index (χ2n) is 7.72. The van der Waals surface area contributed by atoms with Gasteiger partial charge in [-0.1, -0.05) is 6.92 Å². The fourth-order valence-corrected chi connectivity index (χ4v) is 4.81. The molecular formula is C19H35N5O2S2. The number of hydrogen-bond donors (Lipinski definition) is 2. The van der Waals surface area contributed by atoms with Gasteiger partial charge < -0.3 is 10.6 Å². The molecule has 0 spiro atoms. The van der Waals surface area contributed by atoms with Crippen LogP contribution in [-0.2, 0) is 22.8 Å². The van der Waals surface area contributed by atoms with Gasteiger partial charge in [-0.15, -0.1) is 11.3 Å². The number of sulfone groups is 1. The van der Waals surface area contributed by atoms with Gasteiger partial charge in [-0.2, -0.15) is 0 Å². The maximum Gasteiger partial charge on any atom is 0.191 e. The molecule has 0 aliphatic carbocycles. The molecule has 0 bridgehead atoms. The largest absolute Gasteiger partial charge is 0.356 e. The Morgan fingerprint density at radius 2 is 2.14 bits per heavy atom. The SMILES string of the molecule is CCc1nc(CN2CCC(CNC(=NC)NC(C)CCS(C)(=O)=O)CC2)cs1. The fraction of sp³-hybridized carbons (Fsp3) is 0.789. The van der Waals surface area contributed by atoms with Crippen LogP contribution in [0.1, 0.15) is 43.8 Å². The highest BCUT2D eigenvalue weighted by Crippen LogP contribution is 2.19. The first-order valence-corrected chi connectivity index (χ1v) is 13.0. The average molecular weight is 430 g/mol. The van der Waals surface area contributed by atoms with Crippen molar-refractivity contribution in [2.45, 2.75) is 52.1 Å². The van der Waals surface area contributed by atoms with Crippen molar-refractivity contribution in [3.8, 4) is 0 Å². The zero-order valence-electron chi connectivity index (χ0n) is 17.6. The summed E-state index contributed by atoms with van der Waals surface area (Å²) in [5.41, 5.74) is 1.20. The van der Waals surface area contributed by atoms with Gasteiger partial charge in [-0.25, -0.2) is 13.4 Å². The Morgan fingerprint density at radius 1 is 1.43 bits per heavy atom. The molecule has 1 fully saturated rings. The lowest BCUT2D eigenvalue weighted by Gasteiger charge is -2.32. The number of nitrogens with zero attached hydrogens (tertiary/aromatic N) is 3. The summed E-state index contributed by atoms with van der Waals surface area (Å²) in [6.45, 7) is 8.18. The van der Waals surface area contributed by atoms with Crippen molar-refractivity contribution in [2.75, 3.05) is 38.7 Å². The third-order valence-corrected chi connectivity index (χ3v) is 7.10. The zero-order chi connectivity index (χ0) is 20.6. The van der Waals surface area contributed by atoms with E-state index in [2.05, 4.69) is 37.8 Å². The van der Waals surface area contributed by atoms with E-state index < -0.39 is 9.84 Å². The lowest BCUT2D eigenvalue weighted by atomic mass is 9.97. The molecule has 1 saturated heterocycles. The molecule has 160 valence electrons. The second-order valence-corrected chi connectivity index (χ2v) is 10.9. The van der Waals surface area contributed by atoms with E-state index in [-0.39, 0.29) is 11.8 Å². The summed E-state index contributed by atoms with van der Waals surface area (Å²) in [5, 5.41) is 10.1. The van der Waals surface area contributed by atoms with Crippen molar-refractivity contribution in [3.05, 3.63) is 16.1 Å².